The minimum atomic E-state index is -0.774. The Kier molecular flexibility index (Phi) is 6.13. The fraction of sp³-hybridized carbons (Fsp3) is 0.259. The lowest BCUT2D eigenvalue weighted by atomic mass is 9.86. The van der Waals surface area contributed by atoms with Crippen LogP contribution < -0.4 is 5.32 Å². The van der Waals surface area contributed by atoms with Crippen molar-refractivity contribution >= 4 is 49.5 Å². The molecule has 0 radical (unpaired) electrons. The summed E-state index contributed by atoms with van der Waals surface area (Å²) < 4.78 is 17.5. The number of carbonyl (C=O) groups excluding carboxylic acids is 1. The topological polar surface area (TPSA) is 71.3 Å². The molecule has 0 aliphatic heterocycles. The molecule has 0 unspecified atom stereocenters. The molecule has 1 saturated carbocycles. The number of hydrogen-bond donors (Lipinski definition) is 2. The van der Waals surface area contributed by atoms with Crippen LogP contribution >= 0.6 is 15.9 Å². The molecule has 34 heavy (non-hydrogen) atoms. The Hall–Kier alpha value is -3.19. The number of aliphatic carboxylic acids is 1. The van der Waals surface area contributed by atoms with Crippen molar-refractivity contribution in [2.24, 2.45) is 5.92 Å². The molecule has 1 heterocycles. The average Bonchev–Trinajstić information content (AvgIpc) is 3.24. The molecule has 1 aromatic heterocycles. The number of carboxylic acid groups (broad SMARTS) is 1. The van der Waals surface area contributed by atoms with Gasteiger partial charge in [-0.05, 0) is 72.4 Å². The Balaban J connectivity index is 1.43. The zero-order chi connectivity index (χ0) is 23.8. The van der Waals surface area contributed by atoms with Crippen molar-refractivity contribution in [1.29, 1.82) is 0 Å². The third-order valence-electron chi connectivity index (χ3n) is 6.77. The first-order chi connectivity index (χ1) is 16.4. The van der Waals surface area contributed by atoms with Crippen LogP contribution in [0.1, 0.15) is 41.6 Å². The molecule has 5 nitrogen and oxygen atoms in total. The maximum absolute atomic E-state index is 14.6. The number of hydrogen-bond acceptors (Lipinski definition) is 2. The van der Waals surface area contributed by atoms with Gasteiger partial charge in [0.25, 0.3) is 5.91 Å². The number of rotatable bonds is 5. The summed E-state index contributed by atoms with van der Waals surface area (Å²) >= 11 is 3.58. The van der Waals surface area contributed by atoms with Crippen LogP contribution in [0.2, 0.25) is 0 Å². The quantitative estimate of drug-likeness (QED) is 0.331. The first-order valence-electron chi connectivity index (χ1n) is 11.4. The van der Waals surface area contributed by atoms with E-state index in [0.29, 0.717) is 48.7 Å². The van der Waals surface area contributed by atoms with Crippen LogP contribution in [0.5, 0.6) is 0 Å². The highest BCUT2D eigenvalue weighted by Crippen LogP contribution is 2.29. The first kappa shape index (κ1) is 22.6. The second-order valence-corrected chi connectivity index (χ2v) is 9.81. The van der Waals surface area contributed by atoms with Gasteiger partial charge >= 0.3 is 5.97 Å². The molecular formula is C27H24BrFN2O3. The SMILES string of the molecule is O=C(NC1CCC(C(=O)O)CC1)c1ccc(F)c2ccn(Cc3ccc4c(Br)cccc4c3)c12. The first-order valence-corrected chi connectivity index (χ1v) is 12.2. The fourth-order valence-electron chi connectivity index (χ4n) is 4.94. The van der Waals surface area contributed by atoms with Crippen LogP contribution in [0, 0.1) is 11.7 Å². The predicted octanol–water partition coefficient (Wildman–Crippen LogP) is 6.12. The molecule has 174 valence electrons. The summed E-state index contributed by atoms with van der Waals surface area (Å²) in [4.78, 5) is 24.4. The zero-order valence-corrected chi connectivity index (χ0v) is 20.0. The van der Waals surface area contributed by atoms with Gasteiger partial charge in [0.2, 0.25) is 0 Å². The van der Waals surface area contributed by atoms with Gasteiger partial charge in [0.05, 0.1) is 17.0 Å². The van der Waals surface area contributed by atoms with Crippen molar-refractivity contribution in [3.8, 4) is 0 Å². The summed E-state index contributed by atoms with van der Waals surface area (Å²) in [5.74, 6) is -1.74. The molecule has 5 rings (SSSR count). The number of carboxylic acids is 1. The van der Waals surface area contributed by atoms with Gasteiger partial charge in [0, 0.05) is 28.6 Å². The van der Waals surface area contributed by atoms with Crippen molar-refractivity contribution in [1.82, 2.24) is 9.88 Å². The monoisotopic (exact) mass is 522 g/mol. The lowest BCUT2D eigenvalue weighted by Gasteiger charge is -2.27. The van der Waals surface area contributed by atoms with E-state index in [0.717, 1.165) is 20.8 Å². The van der Waals surface area contributed by atoms with Crippen LogP contribution in [-0.4, -0.2) is 27.6 Å². The van der Waals surface area contributed by atoms with Crippen LogP contribution in [-0.2, 0) is 11.3 Å². The van der Waals surface area contributed by atoms with E-state index in [1.54, 1.807) is 6.07 Å². The van der Waals surface area contributed by atoms with E-state index in [1.165, 1.54) is 12.1 Å². The second-order valence-electron chi connectivity index (χ2n) is 8.96. The van der Waals surface area contributed by atoms with Crippen molar-refractivity contribution in [2.45, 2.75) is 38.3 Å². The number of nitrogens with one attached hydrogen (secondary N) is 1. The summed E-state index contributed by atoms with van der Waals surface area (Å²) in [6, 6.07) is 16.7. The molecule has 1 aliphatic carbocycles. The van der Waals surface area contributed by atoms with E-state index in [9.17, 15) is 19.1 Å². The highest BCUT2D eigenvalue weighted by Gasteiger charge is 2.27. The molecule has 0 atom stereocenters. The molecule has 4 aromatic rings. The number of halogens is 2. The molecule has 7 heteroatoms. The largest absolute Gasteiger partial charge is 0.481 e. The molecule has 2 N–H and O–H groups in total. The Morgan fingerprint density at radius 3 is 2.59 bits per heavy atom. The molecular weight excluding hydrogens is 499 g/mol. The summed E-state index contributed by atoms with van der Waals surface area (Å²) in [5, 5.41) is 14.9. The lowest BCUT2D eigenvalue weighted by molar-refractivity contribution is -0.142. The van der Waals surface area contributed by atoms with Gasteiger partial charge in [0.1, 0.15) is 5.82 Å². The molecule has 1 aliphatic rings. The summed E-state index contributed by atoms with van der Waals surface area (Å²) in [6.45, 7) is 0.499. The number of fused-ring (bicyclic) bond motifs is 2. The number of carbonyl (C=O) groups is 2. The average molecular weight is 523 g/mol. The third kappa shape index (κ3) is 4.32. The van der Waals surface area contributed by atoms with E-state index in [2.05, 4.69) is 39.4 Å². The zero-order valence-electron chi connectivity index (χ0n) is 18.4. The van der Waals surface area contributed by atoms with Gasteiger partial charge < -0.3 is 15.0 Å². The predicted molar refractivity (Wildman–Crippen MR) is 133 cm³/mol. The maximum atomic E-state index is 14.6. The van der Waals surface area contributed by atoms with E-state index >= 15 is 0 Å². The van der Waals surface area contributed by atoms with Crippen molar-refractivity contribution in [3.05, 3.63) is 82.2 Å². The molecule has 0 saturated heterocycles. The second kappa shape index (κ2) is 9.22. The highest BCUT2D eigenvalue weighted by molar-refractivity contribution is 9.10. The normalized spacial score (nSPS) is 18.3. The fourth-order valence-corrected chi connectivity index (χ4v) is 5.46. The Bertz CT molecular complexity index is 1410. The Morgan fingerprint density at radius 2 is 1.82 bits per heavy atom. The maximum Gasteiger partial charge on any atom is 0.306 e. The van der Waals surface area contributed by atoms with Crippen LogP contribution in [0.15, 0.2) is 65.3 Å². The lowest BCUT2D eigenvalue weighted by Crippen LogP contribution is -2.38. The minimum absolute atomic E-state index is 0.0782. The van der Waals surface area contributed by atoms with Crippen LogP contribution in [0.3, 0.4) is 0 Å². The number of benzene rings is 3. The smallest absolute Gasteiger partial charge is 0.306 e. The van der Waals surface area contributed by atoms with Gasteiger partial charge in [-0.25, -0.2) is 4.39 Å². The van der Waals surface area contributed by atoms with Crippen LogP contribution in [0.25, 0.3) is 21.7 Å². The molecule has 1 amide bonds. The number of amides is 1. The van der Waals surface area contributed by atoms with Gasteiger partial charge in [-0.15, -0.1) is 0 Å². The minimum Gasteiger partial charge on any atom is -0.481 e. The molecule has 3 aromatic carbocycles. The third-order valence-corrected chi connectivity index (χ3v) is 7.46. The molecule has 1 fully saturated rings. The van der Waals surface area contributed by atoms with Crippen molar-refractivity contribution in [3.63, 3.8) is 0 Å². The number of aromatic nitrogens is 1. The van der Waals surface area contributed by atoms with E-state index in [4.69, 9.17) is 0 Å². The van der Waals surface area contributed by atoms with E-state index in [1.807, 2.05) is 29.0 Å². The molecule has 0 bridgehead atoms. The van der Waals surface area contributed by atoms with Crippen LogP contribution in [0.4, 0.5) is 4.39 Å². The van der Waals surface area contributed by atoms with Gasteiger partial charge in [-0.2, -0.15) is 0 Å². The van der Waals surface area contributed by atoms with Crippen molar-refractivity contribution in [2.75, 3.05) is 0 Å². The summed E-state index contributed by atoms with van der Waals surface area (Å²) in [5.41, 5.74) is 2.03. The van der Waals surface area contributed by atoms with Crippen molar-refractivity contribution < 1.29 is 19.1 Å². The van der Waals surface area contributed by atoms with Gasteiger partial charge in [0.15, 0.2) is 0 Å². The van der Waals surface area contributed by atoms with E-state index < -0.39 is 5.97 Å². The summed E-state index contributed by atoms with van der Waals surface area (Å²) in [6.07, 6.45) is 4.16. The number of nitrogens with zero attached hydrogens (tertiary/aromatic N) is 1. The van der Waals surface area contributed by atoms with E-state index in [-0.39, 0.29) is 23.7 Å². The summed E-state index contributed by atoms with van der Waals surface area (Å²) in [7, 11) is 0. The standard InChI is InChI=1S/C27H24BrFN2O3/c28-23-3-1-2-18-14-16(4-9-20(18)23)15-31-13-12-21-24(29)11-10-22(25(21)31)26(32)30-19-7-5-17(6-8-19)27(33)34/h1-4,9-14,17,19H,5-8,15H2,(H,30,32)(H,33,34). The Labute approximate surface area is 204 Å². The molecule has 0 spiro atoms. The Morgan fingerprint density at radius 1 is 1.03 bits per heavy atom. The van der Waals surface area contributed by atoms with Gasteiger partial charge in [-0.3, -0.25) is 9.59 Å². The highest BCUT2D eigenvalue weighted by atomic mass is 79.9. The van der Waals surface area contributed by atoms with Gasteiger partial charge in [-0.1, -0.05) is 40.2 Å².